The van der Waals surface area contributed by atoms with E-state index in [0.717, 1.165) is 24.1 Å². The summed E-state index contributed by atoms with van der Waals surface area (Å²) in [6, 6.07) is 4.58. The monoisotopic (exact) mass is 361 g/mol. The van der Waals surface area contributed by atoms with Gasteiger partial charge in [-0.25, -0.2) is 4.39 Å². The molecule has 1 amide bonds. The summed E-state index contributed by atoms with van der Waals surface area (Å²) in [5, 5.41) is 9.81. The van der Waals surface area contributed by atoms with Gasteiger partial charge in [0.1, 0.15) is 5.82 Å². The van der Waals surface area contributed by atoms with Crippen LogP contribution in [-0.2, 0) is 16.0 Å². The van der Waals surface area contributed by atoms with E-state index in [1.807, 2.05) is 27.7 Å². The zero-order chi connectivity index (χ0) is 19.5. The van der Waals surface area contributed by atoms with Crippen molar-refractivity contribution in [2.75, 3.05) is 4.90 Å². The van der Waals surface area contributed by atoms with Gasteiger partial charge in [0.15, 0.2) is 0 Å². The fourth-order valence-electron chi connectivity index (χ4n) is 4.78. The summed E-state index contributed by atoms with van der Waals surface area (Å²) in [5.74, 6) is -1.20. The number of carboxylic acid groups (broad SMARTS) is 1. The average Bonchev–Trinajstić information content (AvgIpc) is 2.76. The van der Waals surface area contributed by atoms with Gasteiger partial charge in [0.2, 0.25) is 5.91 Å². The van der Waals surface area contributed by atoms with Crippen LogP contribution in [0, 0.1) is 22.1 Å². The van der Waals surface area contributed by atoms with Crippen molar-refractivity contribution >= 4 is 17.6 Å². The standard InChI is InChI=1S/C21H28FNO3/c1-13-6-7-14-12-15(22)8-9-16(14)23(13)17(24)20(4)10-11-21(5,18(25)26)19(20,2)3/h8-9,12-13H,6-7,10-11H2,1-5H3,(H,25,26). The van der Waals surface area contributed by atoms with Crippen molar-refractivity contribution in [3.05, 3.63) is 29.6 Å². The predicted molar refractivity (Wildman–Crippen MR) is 98.5 cm³/mol. The molecule has 0 radical (unpaired) electrons. The Labute approximate surface area is 154 Å². The Morgan fingerprint density at radius 3 is 2.35 bits per heavy atom. The van der Waals surface area contributed by atoms with Crippen LogP contribution in [0.1, 0.15) is 59.4 Å². The third-order valence-corrected chi connectivity index (χ3v) is 7.62. The molecule has 142 valence electrons. The van der Waals surface area contributed by atoms with Gasteiger partial charge in [-0.1, -0.05) is 20.8 Å². The Kier molecular flexibility index (Phi) is 4.21. The van der Waals surface area contributed by atoms with E-state index in [9.17, 15) is 19.1 Å². The first kappa shape index (κ1) is 18.9. The highest BCUT2D eigenvalue weighted by molar-refractivity contribution is 6.00. The Bertz CT molecular complexity index is 775. The molecule has 1 aromatic rings. The van der Waals surface area contributed by atoms with E-state index >= 15 is 0 Å². The van der Waals surface area contributed by atoms with Gasteiger partial charge in [-0.2, -0.15) is 0 Å². The van der Waals surface area contributed by atoms with Gasteiger partial charge < -0.3 is 10.0 Å². The molecule has 0 saturated heterocycles. The minimum atomic E-state index is -0.956. The van der Waals surface area contributed by atoms with Crippen molar-refractivity contribution in [1.82, 2.24) is 0 Å². The molecule has 1 aliphatic carbocycles. The number of halogens is 1. The molecule has 4 nitrogen and oxygen atoms in total. The minimum absolute atomic E-state index is 0.00442. The van der Waals surface area contributed by atoms with E-state index in [1.165, 1.54) is 12.1 Å². The smallest absolute Gasteiger partial charge is 0.309 e. The van der Waals surface area contributed by atoms with Crippen LogP contribution in [0.4, 0.5) is 10.1 Å². The fourth-order valence-corrected chi connectivity index (χ4v) is 4.78. The lowest BCUT2D eigenvalue weighted by molar-refractivity contribution is -0.158. The molecule has 3 unspecified atom stereocenters. The van der Waals surface area contributed by atoms with E-state index in [2.05, 4.69) is 0 Å². The number of fused-ring (bicyclic) bond motifs is 1. The third kappa shape index (κ3) is 2.32. The molecule has 1 aliphatic heterocycles. The fraction of sp³-hybridized carbons (Fsp3) is 0.619. The summed E-state index contributed by atoms with van der Waals surface area (Å²) >= 11 is 0. The topological polar surface area (TPSA) is 57.6 Å². The van der Waals surface area contributed by atoms with Crippen molar-refractivity contribution in [1.29, 1.82) is 0 Å². The maximum atomic E-state index is 13.7. The summed E-state index contributed by atoms with van der Waals surface area (Å²) < 4.78 is 13.6. The summed E-state index contributed by atoms with van der Waals surface area (Å²) in [6.07, 6.45) is 2.51. The van der Waals surface area contributed by atoms with Gasteiger partial charge in [-0.3, -0.25) is 9.59 Å². The molecule has 3 rings (SSSR count). The number of aryl methyl sites for hydroxylation is 1. The molecule has 0 bridgehead atoms. The van der Waals surface area contributed by atoms with E-state index in [4.69, 9.17) is 0 Å². The van der Waals surface area contributed by atoms with Crippen LogP contribution < -0.4 is 4.90 Å². The first-order valence-corrected chi connectivity index (χ1v) is 9.31. The van der Waals surface area contributed by atoms with E-state index in [-0.39, 0.29) is 17.8 Å². The van der Waals surface area contributed by atoms with Crippen molar-refractivity contribution < 1.29 is 19.1 Å². The number of hydrogen-bond donors (Lipinski definition) is 1. The number of benzene rings is 1. The number of carboxylic acids is 1. The molecule has 5 heteroatoms. The number of rotatable bonds is 2. The van der Waals surface area contributed by atoms with Gasteiger partial charge in [-0.05, 0) is 68.7 Å². The molecule has 1 fully saturated rings. The molecule has 26 heavy (non-hydrogen) atoms. The minimum Gasteiger partial charge on any atom is -0.481 e. The Morgan fingerprint density at radius 2 is 1.77 bits per heavy atom. The van der Waals surface area contributed by atoms with Crippen LogP contribution >= 0.6 is 0 Å². The number of anilines is 1. The molecular weight excluding hydrogens is 333 g/mol. The molecule has 3 atom stereocenters. The summed E-state index contributed by atoms with van der Waals surface area (Å²) in [6.45, 7) is 9.44. The van der Waals surface area contributed by atoms with Gasteiger partial charge in [-0.15, -0.1) is 0 Å². The van der Waals surface area contributed by atoms with Crippen LogP contribution in [0.5, 0.6) is 0 Å². The van der Waals surface area contributed by atoms with Crippen LogP contribution in [0.3, 0.4) is 0 Å². The molecule has 1 aromatic carbocycles. The number of hydrogen-bond acceptors (Lipinski definition) is 2. The maximum absolute atomic E-state index is 13.7. The second kappa shape index (κ2) is 5.80. The van der Waals surface area contributed by atoms with E-state index in [1.54, 1.807) is 17.9 Å². The van der Waals surface area contributed by atoms with Crippen molar-refractivity contribution in [2.45, 2.75) is 66.3 Å². The van der Waals surface area contributed by atoms with Crippen molar-refractivity contribution in [2.24, 2.45) is 16.2 Å². The zero-order valence-electron chi connectivity index (χ0n) is 16.2. The second-order valence-electron chi connectivity index (χ2n) is 8.93. The van der Waals surface area contributed by atoms with Gasteiger partial charge in [0, 0.05) is 11.7 Å². The SMILES string of the molecule is CC1CCc2cc(F)ccc2N1C(=O)C1(C)CCC(C)(C(=O)O)C1(C)C. The van der Waals surface area contributed by atoms with Crippen molar-refractivity contribution in [3.63, 3.8) is 0 Å². The third-order valence-electron chi connectivity index (χ3n) is 7.62. The number of nitrogens with zero attached hydrogens (tertiary/aromatic N) is 1. The molecular formula is C21H28FNO3. The predicted octanol–water partition coefficient (Wildman–Crippen LogP) is 4.41. The highest BCUT2D eigenvalue weighted by atomic mass is 19.1. The second-order valence-corrected chi connectivity index (χ2v) is 8.93. The normalized spacial score (nSPS) is 33.0. The summed E-state index contributed by atoms with van der Waals surface area (Å²) in [5.41, 5.74) is -0.854. The molecule has 0 spiro atoms. The largest absolute Gasteiger partial charge is 0.481 e. The lowest BCUT2D eigenvalue weighted by Crippen LogP contribution is -2.55. The number of amides is 1. The summed E-state index contributed by atoms with van der Waals surface area (Å²) in [4.78, 5) is 27.5. The van der Waals surface area contributed by atoms with Crippen LogP contribution in [-0.4, -0.2) is 23.0 Å². The van der Waals surface area contributed by atoms with Gasteiger partial charge >= 0.3 is 5.97 Å². The molecule has 0 aromatic heterocycles. The quantitative estimate of drug-likeness (QED) is 0.849. The van der Waals surface area contributed by atoms with E-state index < -0.39 is 22.2 Å². The first-order valence-electron chi connectivity index (χ1n) is 9.31. The van der Waals surface area contributed by atoms with Crippen LogP contribution in [0.25, 0.3) is 0 Å². The van der Waals surface area contributed by atoms with Crippen LogP contribution in [0.2, 0.25) is 0 Å². The molecule has 1 saturated carbocycles. The molecule has 1 N–H and O–H groups in total. The lowest BCUT2D eigenvalue weighted by Gasteiger charge is -2.48. The maximum Gasteiger partial charge on any atom is 0.309 e. The van der Waals surface area contributed by atoms with Crippen molar-refractivity contribution in [3.8, 4) is 0 Å². The molecule has 2 aliphatic rings. The lowest BCUT2D eigenvalue weighted by atomic mass is 9.59. The van der Waals surface area contributed by atoms with Gasteiger partial charge in [0.05, 0.1) is 10.8 Å². The first-order chi connectivity index (χ1) is 12.0. The highest BCUT2D eigenvalue weighted by Crippen LogP contribution is 2.63. The number of aliphatic carboxylic acids is 1. The summed E-state index contributed by atoms with van der Waals surface area (Å²) in [7, 11) is 0. The van der Waals surface area contributed by atoms with E-state index in [0.29, 0.717) is 12.8 Å². The van der Waals surface area contributed by atoms with Crippen LogP contribution in [0.15, 0.2) is 18.2 Å². The highest BCUT2D eigenvalue weighted by Gasteiger charge is 2.65. The average molecular weight is 361 g/mol. The zero-order valence-corrected chi connectivity index (χ0v) is 16.2. The number of carbonyl (C=O) groups is 2. The van der Waals surface area contributed by atoms with Gasteiger partial charge in [0.25, 0.3) is 0 Å². The Morgan fingerprint density at radius 1 is 1.15 bits per heavy atom. The molecule has 1 heterocycles. The Hall–Kier alpha value is -1.91. The Balaban J connectivity index is 2.06. The number of carbonyl (C=O) groups excluding carboxylic acids is 1.